The minimum atomic E-state index is -2.56. The molecule has 1 unspecified atom stereocenters. The molecule has 0 aromatic carbocycles. The molecule has 2 saturated heterocycles. The Balaban J connectivity index is 1.54. The molecule has 1 aliphatic carbocycles. The highest BCUT2D eigenvalue weighted by atomic mass is 19.3. The van der Waals surface area contributed by atoms with Crippen LogP contribution in [0.15, 0.2) is 0 Å². The van der Waals surface area contributed by atoms with Gasteiger partial charge in [0.1, 0.15) is 0 Å². The molecular formula is C19H34F2N2. The van der Waals surface area contributed by atoms with Gasteiger partial charge in [0, 0.05) is 12.6 Å². The van der Waals surface area contributed by atoms with Gasteiger partial charge >= 0.3 is 0 Å². The Hall–Kier alpha value is -0.220. The largest absolute Gasteiger partial charge is 0.295 e. The fourth-order valence-corrected chi connectivity index (χ4v) is 5.09. The molecule has 2 nitrogen and oxygen atoms in total. The van der Waals surface area contributed by atoms with Crippen molar-refractivity contribution in [2.45, 2.75) is 77.8 Å². The Bertz CT molecular complexity index is 406. The van der Waals surface area contributed by atoms with Crippen LogP contribution >= 0.6 is 0 Å². The van der Waals surface area contributed by atoms with Crippen molar-refractivity contribution in [3.63, 3.8) is 0 Å². The van der Waals surface area contributed by atoms with Gasteiger partial charge in [0.25, 0.3) is 5.92 Å². The van der Waals surface area contributed by atoms with Crippen molar-refractivity contribution in [2.75, 3.05) is 26.2 Å². The summed E-state index contributed by atoms with van der Waals surface area (Å²) < 4.78 is 29.3. The van der Waals surface area contributed by atoms with Gasteiger partial charge in [0.2, 0.25) is 0 Å². The lowest BCUT2D eigenvalue weighted by atomic mass is 9.55. The van der Waals surface area contributed by atoms with Crippen molar-refractivity contribution in [3.8, 4) is 0 Å². The summed E-state index contributed by atoms with van der Waals surface area (Å²) in [6.07, 6.45) is 5.56. The zero-order chi connectivity index (χ0) is 16.8. The van der Waals surface area contributed by atoms with Crippen molar-refractivity contribution < 1.29 is 8.78 Å². The summed E-state index contributed by atoms with van der Waals surface area (Å²) in [4.78, 5) is 4.05. The summed E-state index contributed by atoms with van der Waals surface area (Å²) in [5.74, 6) is -0.909. The van der Waals surface area contributed by atoms with E-state index < -0.39 is 12.0 Å². The van der Waals surface area contributed by atoms with Gasteiger partial charge in [0.05, 0.1) is 12.6 Å². The highest BCUT2D eigenvalue weighted by Crippen LogP contribution is 2.55. The van der Waals surface area contributed by atoms with E-state index in [2.05, 4.69) is 18.7 Å². The molecule has 0 amide bonds. The third kappa shape index (κ3) is 3.44. The molecule has 23 heavy (non-hydrogen) atoms. The van der Waals surface area contributed by atoms with Crippen molar-refractivity contribution in [1.29, 1.82) is 0 Å². The van der Waals surface area contributed by atoms with Crippen molar-refractivity contribution in [3.05, 3.63) is 0 Å². The van der Waals surface area contributed by atoms with E-state index >= 15 is 0 Å². The summed E-state index contributed by atoms with van der Waals surface area (Å²) >= 11 is 0. The van der Waals surface area contributed by atoms with Crippen molar-refractivity contribution in [2.24, 2.45) is 17.3 Å². The summed E-state index contributed by atoms with van der Waals surface area (Å²) in [5, 5.41) is 0. The zero-order valence-corrected chi connectivity index (χ0v) is 15.3. The lowest BCUT2D eigenvalue weighted by Gasteiger charge is -2.55. The molecule has 0 aromatic heterocycles. The molecule has 0 radical (unpaired) electrons. The van der Waals surface area contributed by atoms with E-state index in [0.29, 0.717) is 11.8 Å². The van der Waals surface area contributed by atoms with Crippen LogP contribution in [0.4, 0.5) is 8.78 Å². The minimum Gasteiger partial charge on any atom is -0.295 e. The van der Waals surface area contributed by atoms with Crippen LogP contribution in [0, 0.1) is 17.3 Å². The number of piperidine rings is 2. The first-order valence-electron chi connectivity index (χ1n) is 9.58. The number of likely N-dealkylation sites (tertiary alicyclic amines) is 2. The first-order chi connectivity index (χ1) is 10.7. The van der Waals surface area contributed by atoms with Gasteiger partial charge < -0.3 is 0 Å². The number of nitrogens with zero attached hydrogens (tertiary/aromatic N) is 2. The van der Waals surface area contributed by atoms with E-state index in [9.17, 15) is 8.78 Å². The first-order valence-corrected chi connectivity index (χ1v) is 9.58. The second kappa shape index (κ2) is 6.25. The lowest BCUT2D eigenvalue weighted by Crippen LogP contribution is -2.61. The average Bonchev–Trinajstić information content (AvgIpc) is 2.43. The van der Waals surface area contributed by atoms with Crippen LogP contribution in [-0.4, -0.2) is 54.0 Å². The number of hydrogen-bond acceptors (Lipinski definition) is 2. The smallest absolute Gasteiger partial charge is 0.275 e. The Morgan fingerprint density at radius 1 is 0.957 bits per heavy atom. The van der Waals surface area contributed by atoms with Gasteiger partial charge in [-0.2, -0.15) is 0 Å². The second-order valence-corrected chi connectivity index (χ2v) is 9.08. The lowest BCUT2D eigenvalue weighted by molar-refractivity contribution is -0.147. The summed E-state index contributed by atoms with van der Waals surface area (Å²) in [5.41, 5.74) is 0.499. The quantitative estimate of drug-likeness (QED) is 0.764. The summed E-state index contributed by atoms with van der Waals surface area (Å²) in [6, 6.07) is -0.315. The van der Waals surface area contributed by atoms with Crippen LogP contribution in [0.3, 0.4) is 0 Å². The van der Waals surface area contributed by atoms with Gasteiger partial charge in [-0.3, -0.25) is 9.80 Å². The predicted molar refractivity (Wildman–Crippen MR) is 90.9 cm³/mol. The van der Waals surface area contributed by atoms with Gasteiger partial charge in [0.15, 0.2) is 0 Å². The monoisotopic (exact) mass is 328 g/mol. The number of alkyl halides is 2. The van der Waals surface area contributed by atoms with E-state index in [-0.39, 0.29) is 12.6 Å². The maximum atomic E-state index is 14.6. The molecule has 0 bridgehead atoms. The summed E-state index contributed by atoms with van der Waals surface area (Å²) in [7, 11) is 0. The molecule has 3 rings (SSSR count). The van der Waals surface area contributed by atoms with E-state index in [4.69, 9.17) is 0 Å². The highest BCUT2D eigenvalue weighted by Gasteiger charge is 2.51. The minimum absolute atomic E-state index is 0.0631. The number of halogens is 2. The van der Waals surface area contributed by atoms with Crippen LogP contribution in [-0.2, 0) is 0 Å². The van der Waals surface area contributed by atoms with E-state index in [1.54, 1.807) is 0 Å². The maximum absolute atomic E-state index is 14.6. The topological polar surface area (TPSA) is 6.48 Å². The molecule has 1 saturated carbocycles. The Labute approximate surface area is 140 Å². The van der Waals surface area contributed by atoms with Crippen LogP contribution in [0.25, 0.3) is 0 Å². The standard InChI is InChI=1S/C19H34F2N2/c1-14(2)16-11-18(12-16)6-9-22(10-7-18)17-5-8-23(15(3)4)13-19(17,20)21/h14-17H,5-13H2,1-4H3. The highest BCUT2D eigenvalue weighted by molar-refractivity contribution is 5.01. The predicted octanol–water partition coefficient (Wildman–Crippen LogP) is 4.25. The van der Waals surface area contributed by atoms with Gasteiger partial charge in [-0.25, -0.2) is 8.78 Å². The average molecular weight is 328 g/mol. The molecule has 1 atom stereocenters. The molecule has 0 aromatic rings. The van der Waals surface area contributed by atoms with Crippen molar-refractivity contribution in [1.82, 2.24) is 9.80 Å². The zero-order valence-electron chi connectivity index (χ0n) is 15.3. The van der Waals surface area contributed by atoms with Gasteiger partial charge in [-0.05, 0) is 76.3 Å². The van der Waals surface area contributed by atoms with Crippen LogP contribution < -0.4 is 0 Å². The van der Waals surface area contributed by atoms with Crippen LogP contribution in [0.1, 0.15) is 59.8 Å². The number of rotatable bonds is 3. The van der Waals surface area contributed by atoms with E-state index in [0.717, 1.165) is 44.3 Å². The molecule has 4 heteroatoms. The Morgan fingerprint density at radius 2 is 1.57 bits per heavy atom. The van der Waals surface area contributed by atoms with E-state index in [1.165, 1.54) is 12.8 Å². The molecular weight excluding hydrogens is 294 g/mol. The Kier molecular flexibility index (Phi) is 4.78. The molecule has 3 fully saturated rings. The summed E-state index contributed by atoms with van der Waals surface area (Å²) in [6.45, 7) is 11.2. The van der Waals surface area contributed by atoms with E-state index in [1.807, 2.05) is 18.7 Å². The Morgan fingerprint density at radius 3 is 2.04 bits per heavy atom. The third-order valence-electron chi connectivity index (χ3n) is 6.95. The van der Waals surface area contributed by atoms with Gasteiger partial charge in [-0.15, -0.1) is 0 Å². The molecule has 2 aliphatic heterocycles. The van der Waals surface area contributed by atoms with Gasteiger partial charge in [-0.1, -0.05) is 13.8 Å². The second-order valence-electron chi connectivity index (χ2n) is 9.08. The molecule has 3 aliphatic rings. The van der Waals surface area contributed by atoms with Crippen LogP contribution in [0.2, 0.25) is 0 Å². The van der Waals surface area contributed by atoms with Crippen LogP contribution in [0.5, 0.6) is 0 Å². The SMILES string of the molecule is CC(C)C1CC2(CCN(C3CCN(C(C)C)CC3(F)F)CC2)C1. The van der Waals surface area contributed by atoms with Crippen molar-refractivity contribution >= 4 is 0 Å². The third-order valence-corrected chi connectivity index (χ3v) is 6.95. The fourth-order valence-electron chi connectivity index (χ4n) is 5.09. The molecule has 134 valence electrons. The fraction of sp³-hybridized carbons (Fsp3) is 1.00. The molecule has 1 spiro atoms. The molecule has 2 heterocycles. The molecule has 0 N–H and O–H groups in total. The normalized spacial score (nSPS) is 32.6. The first kappa shape index (κ1) is 17.6. The number of hydrogen-bond donors (Lipinski definition) is 0. The maximum Gasteiger partial charge on any atom is 0.275 e.